The Hall–Kier alpha value is -0.980. The molecule has 0 bridgehead atoms. The van der Waals surface area contributed by atoms with E-state index in [4.69, 9.17) is 0 Å². The number of hydrogen-bond donors (Lipinski definition) is 1. The summed E-state index contributed by atoms with van der Waals surface area (Å²) in [5, 5.41) is 3.61. The van der Waals surface area contributed by atoms with Crippen LogP contribution in [0.5, 0.6) is 0 Å². The summed E-state index contributed by atoms with van der Waals surface area (Å²) in [4.78, 5) is 0. The fraction of sp³-hybridized carbons (Fsp3) is 0.684. The van der Waals surface area contributed by atoms with Crippen LogP contribution in [0.25, 0.3) is 0 Å². The van der Waals surface area contributed by atoms with Gasteiger partial charge in [0.15, 0.2) is 0 Å². The Bertz CT molecular complexity index is 422. The smallest absolute Gasteiger partial charge is 0.0406 e. The van der Waals surface area contributed by atoms with Crippen LogP contribution >= 0.6 is 0 Å². The molecule has 1 aliphatic heterocycles. The second-order valence-corrected chi connectivity index (χ2v) is 6.53. The Morgan fingerprint density at radius 2 is 1.70 bits per heavy atom. The Kier molecular flexibility index (Phi) is 5.94. The van der Waals surface area contributed by atoms with Crippen LogP contribution < -0.4 is 5.32 Å². The maximum absolute atomic E-state index is 3.61. The summed E-state index contributed by atoms with van der Waals surface area (Å²) in [5.74, 6) is 0.749. The third-order valence-electron chi connectivity index (χ3n) is 4.63. The molecule has 0 aliphatic carbocycles. The maximum atomic E-state index is 3.61. The lowest BCUT2D eigenvalue weighted by atomic mass is 9.92. The van der Waals surface area contributed by atoms with Crippen LogP contribution in [0.4, 0.5) is 5.69 Å². The van der Waals surface area contributed by atoms with Crippen molar-refractivity contribution in [2.24, 2.45) is 0 Å². The van der Waals surface area contributed by atoms with Gasteiger partial charge in [0.05, 0.1) is 0 Å². The van der Waals surface area contributed by atoms with Crippen molar-refractivity contribution in [3.63, 3.8) is 0 Å². The molecule has 0 aromatic heterocycles. The molecular formula is C19H31N. The monoisotopic (exact) mass is 273 g/mol. The number of fused-ring (bicyclic) bond motifs is 1. The molecule has 20 heavy (non-hydrogen) atoms. The lowest BCUT2D eigenvalue weighted by Crippen LogP contribution is -2.01. The Labute approximate surface area is 125 Å². The molecule has 1 aromatic carbocycles. The molecule has 0 amide bonds. The number of rotatable bonds is 8. The molecule has 0 saturated carbocycles. The molecule has 0 fully saturated rings. The molecule has 112 valence electrons. The van der Waals surface area contributed by atoms with E-state index in [0.717, 1.165) is 12.5 Å². The third-order valence-corrected chi connectivity index (χ3v) is 4.63. The van der Waals surface area contributed by atoms with Crippen LogP contribution in [0.1, 0.15) is 80.9 Å². The Balaban J connectivity index is 1.74. The van der Waals surface area contributed by atoms with E-state index >= 15 is 0 Å². The molecule has 1 aliphatic rings. The number of nitrogens with one attached hydrogen (secondary N) is 1. The highest BCUT2D eigenvalue weighted by Crippen LogP contribution is 2.37. The summed E-state index contributed by atoms with van der Waals surface area (Å²) >= 11 is 0. The Morgan fingerprint density at radius 3 is 2.45 bits per heavy atom. The van der Waals surface area contributed by atoms with E-state index in [1.54, 1.807) is 5.56 Å². The van der Waals surface area contributed by atoms with Gasteiger partial charge in [-0.1, -0.05) is 69.6 Å². The quantitative estimate of drug-likeness (QED) is 0.577. The molecule has 1 atom stereocenters. The van der Waals surface area contributed by atoms with Gasteiger partial charge < -0.3 is 5.32 Å². The average Bonchev–Trinajstić information content (AvgIpc) is 2.81. The van der Waals surface area contributed by atoms with E-state index in [1.807, 2.05) is 0 Å². The van der Waals surface area contributed by atoms with Gasteiger partial charge in [-0.3, -0.25) is 0 Å². The molecule has 1 heteroatoms. The van der Waals surface area contributed by atoms with Crippen LogP contribution in [0.15, 0.2) is 12.1 Å². The molecule has 0 radical (unpaired) electrons. The highest BCUT2D eigenvalue weighted by atomic mass is 14.9. The molecule has 1 nitrogen and oxygen atoms in total. The molecule has 0 saturated heterocycles. The summed E-state index contributed by atoms with van der Waals surface area (Å²) in [5.41, 5.74) is 5.83. The van der Waals surface area contributed by atoms with Crippen LogP contribution in [0.2, 0.25) is 0 Å². The summed E-state index contributed by atoms with van der Waals surface area (Å²) in [6.45, 7) is 7.88. The van der Waals surface area contributed by atoms with E-state index in [-0.39, 0.29) is 0 Å². The topological polar surface area (TPSA) is 12.0 Å². The Morgan fingerprint density at radius 1 is 1.00 bits per heavy atom. The van der Waals surface area contributed by atoms with E-state index < -0.39 is 0 Å². The molecule has 1 N–H and O–H groups in total. The van der Waals surface area contributed by atoms with Crippen LogP contribution in [-0.2, 0) is 0 Å². The zero-order valence-corrected chi connectivity index (χ0v) is 13.6. The SMILES string of the molecule is CCCCCCCCCC1CNc2c(C)cc(C)cc21. The normalized spacial score (nSPS) is 17.1. The largest absolute Gasteiger partial charge is 0.384 e. The van der Waals surface area contributed by atoms with E-state index in [2.05, 4.69) is 38.2 Å². The minimum atomic E-state index is 0.749. The van der Waals surface area contributed by atoms with Crippen molar-refractivity contribution in [3.8, 4) is 0 Å². The predicted octanol–water partition coefficient (Wildman–Crippen LogP) is 5.95. The van der Waals surface area contributed by atoms with Gasteiger partial charge in [-0.25, -0.2) is 0 Å². The molecule has 1 heterocycles. The van der Waals surface area contributed by atoms with Crippen molar-refractivity contribution in [1.82, 2.24) is 0 Å². The van der Waals surface area contributed by atoms with Crippen molar-refractivity contribution >= 4 is 5.69 Å². The number of benzene rings is 1. The average molecular weight is 273 g/mol. The van der Waals surface area contributed by atoms with E-state index in [9.17, 15) is 0 Å². The van der Waals surface area contributed by atoms with Gasteiger partial charge in [-0.05, 0) is 31.4 Å². The first-order valence-corrected chi connectivity index (χ1v) is 8.57. The van der Waals surface area contributed by atoms with Crippen molar-refractivity contribution in [2.75, 3.05) is 11.9 Å². The van der Waals surface area contributed by atoms with Gasteiger partial charge in [0.25, 0.3) is 0 Å². The van der Waals surface area contributed by atoms with Crippen molar-refractivity contribution in [1.29, 1.82) is 0 Å². The number of aryl methyl sites for hydroxylation is 2. The first-order valence-electron chi connectivity index (χ1n) is 8.57. The third kappa shape index (κ3) is 4.01. The van der Waals surface area contributed by atoms with E-state index in [0.29, 0.717) is 0 Å². The molecular weight excluding hydrogens is 242 g/mol. The number of hydrogen-bond acceptors (Lipinski definition) is 1. The molecule has 0 spiro atoms. The summed E-state index contributed by atoms with van der Waals surface area (Å²) in [7, 11) is 0. The minimum absolute atomic E-state index is 0.749. The van der Waals surface area contributed by atoms with Crippen molar-refractivity contribution in [3.05, 3.63) is 28.8 Å². The fourth-order valence-corrected chi connectivity index (χ4v) is 3.50. The highest BCUT2D eigenvalue weighted by Gasteiger charge is 2.23. The zero-order chi connectivity index (χ0) is 14.4. The van der Waals surface area contributed by atoms with Crippen LogP contribution in [-0.4, -0.2) is 6.54 Å². The molecule has 2 rings (SSSR count). The summed E-state index contributed by atoms with van der Waals surface area (Å²) in [6, 6.07) is 4.69. The first kappa shape index (κ1) is 15.4. The van der Waals surface area contributed by atoms with Gasteiger partial charge in [0.1, 0.15) is 0 Å². The predicted molar refractivity (Wildman–Crippen MR) is 89.8 cm³/mol. The van der Waals surface area contributed by atoms with Crippen molar-refractivity contribution in [2.45, 2.75) is 78.1 Å². The second-order valence-electron chi connectivity index (χ2n) is 6.53. The van der Waals surface area contributed by atoms with Crippen molar-refractivity contribution < 1.29 is 0 Å². The minimum Gasteiger partial charge on any atom is -0.384 e. The zero-order valence-electron chi connectivity index (χ0n) is 13.6. The lowest BCUT2D eigenvalue weighted by molar-refractivity contribution is 0.549. The summed E-state index contributed by atoms with van der Waals surface area (Å²) in [6.07, 6.45) is 11.2. The maximum Gasteiger partial charge on any atom is 0.0406 e. The van der Waals surface area contributed by atoms with Gasteiger partial charge >= 0.3 is 0 Å². The number of unbranched alkanes of at least 4 members (excludes halogenated alkanes) is 6. The van der Waals surface area contributed by atoms with Gasteiger partial charge in [-0.15, -0.1) is 0 Å². The van der Waals surface area contributed by atoms with Gasteiger partial charge in [-0.2, -0.15) is 0 Å². The van der Waals surface area contributed by atoms with E-state index in [1.165, 1.54) is 68.2 Å². The fourth-order valence-electron chi connectivity index (χ4n) is 3.50. The summed E-state index contributed by atoms with van der Waals surface area (Å²) < 4.78 is 0. The highest BCUT2D eigenvalue weighted by molar-refractivity contribution is 5.63. The molecule has 1 unspecified atom stereocenters. The van der Waals surface area contributed by atoms with Crippen LogP contribution in [0.3, 0.4) is 0 Å². The lowest BCUT2D eigenvalue weighted by Gasteiger charge is -2.11. The van der Waals surface area contributed by atoms with Crippen LogP contribution in [0, 0.1) is 13.8 Å². The number of anilines is 1. The standard InChI is InChI=1S/C19H31N/c1-4-5-6-7-8-9-10-11-17-14-20-19-16(3)12-15(2)13-18(17)19/h12-13,17,20H,4-11,14H2,1-3H3. The van der Waals surface area contributed by atoms with Gasteiger partial charge in [0.2, 0.25) is 0 Å². The molecule has 1 aromatic rings. The van der Waals surface area contributed by atoms with Gasteiger partial charge in [0, 0.05) is 18.2 Å². The second kappa shape index (κ2) is 7.71. The first-order chi connectivity index (χ1) is 9.72.